The summed E-state index contributed by atoms with van der Waals surface area (Å²) in [5.74, 6) is -1.03. The Labute approximate surface area is 460 Å². The van der Waals surface area contributed by atoms with E-state index in [4.69, 9.17) is 65.7 Å². The van der Waals surface area contributed by atoms with Gasteiger partial charge in [-0.1, -0.05) is 130 Å². The van der Waals surface area contributed by atoms with Crippen molar-refractivity contribution in [3.63, 3.8) is 0 Å². The molecule has 0 saturated carbocycles. The van der Waals surface area contributed by atoms with Crippen molar-refractivity contribution in [3.8, 4) is 45.4 Å². The second kappa shape index (κ2) is 25.7. The second-order valence-corrected chi connectivity index (χ2v) is 20.3. The number of carboxylic acid groups (broad SMARTS) is 1. The lowest BCUT2D eigenvalue weighted by atomic mass is 10.1. The SMILES string of the molecule is Cc1ccc(-c2cn(-c3cc(Cl)cc(Cl)c3)nc2OCc2ccc(C(=O)NCCC(=O)O)cc2)cc1.Cc1ccc(-c2cn(-c3cc(Cl)cc(Cl)c3)nc2OCc2ccc(C(=O)NCCC(=O)OC(C)(C)C)cc2)cc1. The van der Waals surface area contributed by atoms with Crippen LogP contribution in [0, 0.1) is 13.8 Å². The highest BCUT2D eigenvalue weighted by Gasteiger charge is 2.19. The zero-order valence-electron chi connectivity index (χ0n) is 42.2. The van der Waals surface area contributed by atoms with Gasteiger partial charge in [-0.2, -0.15) is 0 Å². The van der Waals surface area contributed by atoms with Crippen molar-refractivity contribution in [1.29, 1.82) is 0 Å². The van der Waals surface area contributed by atoms with E-state index < -0.39 is 11.6 Å². The molecule has 2 aromatic heterocycles. The molecule has 2 amide bonds. The molecule has 0 fully saturated rings. The molecule has 18 heteroatoms. The van der Waals surface area contributed by atoms with Crippen LogP contribution in [-0.4, -0.2) is 67.1 Å². The topological polar surface area (TPSA) is 176 Å². The lowest BCUT2D eigenvalue weighted by Gasteiger charge is -2.19. The molecule has 0 unspecified atom stereocenters. The first-order valence-electron chi connectivity index (χ1n) is 23.9. The highest BCUT2D eigenvalue weighted by Crippen LogP contribution is 2.34. The largest absolute Gasteiger partial charge is 0.481 e. The molecule has 76 heavy (non-hydrogen) atoms. The summed E-state index contributed by atoms with van der Waals surface area (Å²) in [4.78, 5) is 47.1. The van der Waals surface area contributed by atoms with Gasteiger partial charge >= 0.3 is 11.9 Å². The maximum atomic E-state index is 12.5. The number of carbonyl (C=O) groups excluding carboxylic acids is 3. The summed E-state index contributed by atoms with van der Waals surface area (Å²) >= 11 is 24.8. The fraction of sp³-hybridized carbons (Fsp3) is 0.207. The highest BCUT2D eigenvalue weighted by molar-refractivity contribution is 6.35. The summed E-state index contributed by atoms with van der Waals surface area (Å²) in [7, 11) is 0. The summed E-state index contributed by atoms with van der Waals surface area (Å²) in [6, 6.07) is 40.6. The molecule has 0 atom stereocenters. The van der Waals surface area contributed by atoms with Gasteiger partial charge in [0.05, 0.1) is 35.3 Å². The zero-order valence-corrected chi connectivity index (χ0v) is 45.2. The molecule has 14 nitrogen and oxygen atoms in total. The summed E-state index contributed by atoms with van der Waals surface area (Å²) in [6.07, 6.45) is 3.72. The number of hydrogen-bond acceptors (Lipinski definition) is 9. The van der Waals surface area contributed by atoms with Crippen LogP contribution < -0.4 is 20.1 Å². The molecular weight excluding hydrogens is 1050 g/mol. The first-order valence-corrected chi connectivity index (χ1v) is 25.5. The quantitative estimate of drug-likeness (QED) is 0.0701. The molecule has 0 radical (unpaired) electrons. The number of benzene rings is 6. The third-order valence-electron chi connectivity index (χ3n) is 11.2. The minimum atomic E-state index is -0.964. The van der Waals surface area contributed by atoms with Gasteiger partial charge < -0.3 is 30.0 Å². The van der Waals surface area contributed by atoms with Crippen LogP contribution in [0.15, 0.2) is 146 Å². The summed E-state index contributed by atoms with van der Waals surface area (Å²) in [5, 5.41) is 25.3. The van der Waals surface area contributed by atoms with Gasteiger partial charge in [0.2, 0.25) is 11.8 Å². The average Bonchev–Trinajstić information content (AvgIpc) is 4.01. The Morgan fingerprint density at radius 1 is 0.539 bits per heavy atom. The van der Waals surface area contributed by atoms with E-state index in [0.29, 0.717) is 54.4 Å². The number of hydrogen-bond donors (Lipinski definition) is 3. The number of amides is 2. The smallest absolute Gasteiger partial charge is 0.308 e. The number of carbonyl (C=O) groups is 4. The minimum absolute atomic E-state index is 0.0707. The van der Waals surface area contributed by atoms with Crippen molar-refractivity contribution >= 4 is 70.2 Å². The lowest BCUT2D eigenvalue weighted by Crippen LogP contribution is -2.29. The number of esters is 1. The predicted molar refractivity (Wildman–Crippen MR) is 296 cm³/mol. The number of nitrogens with zero attached hydrogens (tertiary/aromatic N) is 4. The van der Waals surface area contributed by atoms with Crippen LogP contribution in [0.4, 0.5) is 0 Å². The van der Waals surface area contributed by atoms with Crippen LogP contribution in [-0.2, 0) is 27.5 Å². The van der Waals surface area contributed by atoms with Crippen LogP contribution in [0.1, 0.15) is 76.6 Å². The molecular formula is C58H54Cl4N6O8. The van der Waals surface area contributed by atoms with E-state index >= 15 is 0 Å². The van der Waals surface area contributed by atoms with Crippen LogP contribution in [0.2, 0.25) is 20.1 Å². The molecule has 0 aliphatic heterocycles. The summed E-state index contributed by atoms with van der Waals surface area (Å²) in [6.45, 7) is 10.2. The number of rotatable bonds is 18. The van der Waals surface area contributed by atoms with E-state index in [1.807, 2.05) is 86.9 Å². The Morgan fingerprint density at radius 2 is 0.908 bits per heavy atom. The first-order chi connectivity index (χ1) is 36.2. The molecule has 3 N–H and O–H groups in total. The Kier molecular flexibility index (Phi) is 19.0. The van der Waals surface area contributed by atoms with Crippen LogP contribution in [0.5, 0.6) is 11.8 Å². The molecule has 0 aliphatic carbocycles. The number of halogens is 4. The lowest BCUT2D eigenvalue weighted by molar-refractivity contribution is -0.154. The van der Waals surface area contributed by atoms with Crippen molar-refractivity contribution in [3.05, 3.63) is 199 Å². The molecule has 6 aromatic carbocycles. The van der Waals surface area contributed by atoms with Crippen LogP contribution in [0.3, 0.4) is 0 Å². The van der Waals surface area contributed by atoms with E-state index in [9.17, 15) is 19.2 Å². The van der Waals surface area contributed by atoms with Crippen molar-refractivity contribution in [2.24, 2.45) is 0 Å². The summed E-state index contributed by atoms with van der Waals surface area (Å²) in [5.41, 5.74) is 9.29. The fourth-order valence-electron chi connectivity index (χ4n) is 7.37. The number of aliphatic carboxylic acids is 1. The predicted octanol–water partition coefficient (Wildman–Crippen LogP) is 13.1. The van der Waals surface area contributed by atoms with E-state index in [1.54, 1.807) is 103 Å². The summed E-state index contributed by atoms with van der Waals surface area (Å²) < 4.78 is 20.9. The molecule has 392 valence electrons. The van der Waals surface area contributed by atoms with Gasteiger partial charge in [0, 0.05) is 56.7 Å². The molecule has 8 aromatic rings. The Hall–Kier alpha value is -7.62. The van der Waals surface area contributed by atoms with Gasteiger partial charge in [0.15, 0.2) is 0 Å². The number of nitrogens with one attached hydrogen (secondary N) is 2. The number of aromatic nitrogens is 4. The van der Waals surface area contributed by atoms with Crippen LogP contribution in [0.25, 0.3) is 33.6 Å². The first kappa shape index (κ1) is 56.1. The van der Waals surface area contributed by atoms with Gasteiger partial charge in [0.1, 0.15) is 18.8 Å². The molecule has 2 heterocycles. The maximum absolute atomic E-state index is 12.5. The van der Waals surface area contributed by atoms with Gasteiger partial charge in [-0.05, 0) is 118 Å². The molecule has 0 saturated heterocycles. The Morgan fingerprint density at radius 3 is 1.26 bits per heavy atom. The normalized spacial score (nSPS) is 11.0. The van der Waals surface area contributed by atoms with E-state index in [-0.39, 0.29) is 56.9 Å². The van der Waals surface area contributed by atoms with Gasteiger partial charge in [-0.25, -0.2) is 9.36 Å². The Balaban J connectivity index is 0.000000222. The number of aryl methyl sites for hydroxylation is 2. The van der Waals surface area contributed by atoms with Crippen molar-refractivity contribution in [2.75, 3.05) is 13.1 Å². The highest BCUT2D eigenvalue weighted by atomic mass is 35.5. The molecule has 8 rings (SSSR count). The monoisotopic (exact) mass is 1100 g/mol. The molecule has 0 spiro atoms. The van der Waals surface area contributed by atoms with Crippen molar-refractivity contribution in [2.45, 2.75) is 66.3 Å². The van der Waals surface area contributed by atoms with E-state index in [0.717, 1.165) is 44.5 Å². The standard InChI is InChI=1S/C31H31Cl2N3O4.C27H23Cl2N3O4/c1-20-5-9-22(10-6-20)27-18-36(26-16-24(32)15-25(33)17-26)35-30(27)39-19-21-7-11-23(12-8-21)29(38)34-14-13-28(37)40-31(2,3)4;1-17-2-6-19(7-3-17)24-15-32(23-13-21(28)12-22(29)14-23)31-27(24)36-16-18-4-8-20(9-5-18)26(35)30-11-10-25(33)34/h5-12,15-18H,13-14,19H2,1-4H3,(H,34,38);2-9,12-15H,10-11,16H2,1H3,(H,30,35)(H,33,34). The van der Waals surface area contributed by atoms with Crippen LogP contribution >= 0.6 is 46.4 Å². The van der Waals surface area contributed by atoms with E-state index in [2.05, 4.69) is 20.8 Å². The third kappa shape index (κ3) is 16.4. The Bertz CT molecular complexity index is 3280. The second-order valence-electron chi connectivity index (χ2n) is 18.5. The van der Waals surface area contributed by atoms with Gasteiger partial charge in [-0.3, -0.25) is 19.2 Å². The van der Waals surface area contributed by atoms with Crippen molar-refractivity contribution < 1.29 is 38.5 Å². The molecule has 0 bridgehead atoms. The van der Waals surface area contributed by atoms with Gasteiger partial charge in [0.25, 0.3) is 11.8 Å². The van der Waals surface area contributed by atoms with Crippen molar-refractivity contribution in [1.82, 2.24) is 30.2 Å². The fourth-order valence-corrected chi connectivity index (χ4v) is 8.39. The third-order valence-corrected chi connectivity index (χ3v) is 12.0. The average molecular weight is 1100 g/mol. The van der Waals surface area contributed by atoms with E-state index in [1.165, 1.54) is 0 Å². The van der Waals surface area contributed by atoms with Gasteiger partial charge in [-0.15, -0.1) is 10.2 Å². The molecule has 0 aliphatic rings. The number of carboxylic acids is 1. The zero-order chi connectivity index (χ0) is 54.5. The minimum Gasteiger partial charge on any atom is -0.481 e. The number of ether oxygens (including phenoxy) is 3. The maximum Gasteiger partial charge on any atom is 0.308 e.